The molecule has 24 heavy (non-hydrogen) atoms. The van der Waals surface area contributed by atoms with Crippen molar-refractivity contribution >= 4 is 85.1 Å². The zero-order valence-corrected chi connectivity index (χ0v) is 16.5. The molecule has 0 bridgehead atoms. The van der Waals surface area contributed by atoms with Gasteiger partial charge in [0.25, 0.3) is 5.91 Å². The van der Waals surface area contributed by atoms with E-state index in [0.717, 1.165) is 11.8 Å². The second kappa shape index (κ2) is 7.14. The molecule has 1 aliphatic heterocycles. The van der Waals surface area contributed by atoms with Gasteiger partial charge in [0.05, 0.1) is 20.6 Å². The van der Waals surface area contributed by atoms with Gasteiger partial charge in [0.2, 0.25) is 0 Å². The van der Waals surface area contributed by atoms with Crippen LogP contribution in [0.1, 0.15) is 5.56 Å². The fourth-order valence-electron chi connectivity index (χ4n) is 2.09. The predicted molar refractivity (Wildman–Crippen MR) is 106 cm³/mol. The number of hydrogen-bond donors (Lipinski definition) is 0. The molecule has 0 N–H and O–H groups in total. The molecule has 1 aliphatic rings. The zero-order chi connectivity index (χ0) is 17.4. The Morgan fingerprint density at radius 3 is 2.62 bits per heavy atom. The summed E-state index contributed by atoms with van der Waals surface area (Å²) in [6, 6.07) is 9.44. The van der Waals surface area contributed by atoms with Crippen molar-refractivity contribution in [2.45, 2.75) is 0 Å². The first-order valence-corrected chi connectivity index (χ1v) is 9.33. The highest BCUT2D eigenvalue weighted by molar-refractivity contribution is 9.10. The van der Waals surface area contributed by atoms with Gasteiger partial charge in [-0.15, -0.1) is 0 Å². The molecule has 0 radical (unpaired) electrons. The van der Waals surface area contributed by atoms with Crippen LogP contribution >= 0.6 is 63.1 Å². The number of benzene rings is 2. The van der Waals surface area contributed by atoms with Gasteiger partial charge < -0.3 is 0 Å². The van der Waals surface area contributed by atoms with Gasteiger partial charge in [-0.05, 0) is 52.3 Å². The Morgan fingerprint density at radius 2 is 1.96 bits per heavy atom. The molecule has 2 aromatic carbocycles. The van der Waals surface area contributed by atoms with E-state index >= 15 is 0 Å². The van der Waals surface area contributed by atoms with Gasteiger partial charge in [-0.2, -0.15) is 0 Å². The SMILES string of the molecule is O=C1/C(=C/c2c(F)cccc2Cl)SC(=S)N1c1ccc(Br)c(Cl)c1. The molecule has 0 atom stereocenters. The molecule has 2 nitrogen and oxygen atoms in total. The van der Waals surface area contributed by atoms with Crippen molar-refractivity contribution in [1.82, 2.24) is 0 Å². The molecular weight excluding hydrogens is 456 g/mol. The number of thioether (sulfide) groups is 1. The summed E-state index contributed by atoms with van der Waals surface area (Å²) in [7, 11) is 0. The second-order valence-electron chi connectivity index (χ2n) is 4.75. The molecule has 1 saturated heterocycles. The van der Waals surface area contributed by atoms with E-state index in [1.165, 1.54) is 23.1 Å². The van der Waals surface area contributed by atoms with Crippen LogP contribution in [0, 0.1) is 5.82 Å². The van der Waals surface area contributed by atoms with Crippen molar-refractivity contribution in [3.05, 3.63) is 67.2 Å². The minimum atomic E-state index is -0.501. The molecule has 0 spiro atoms. The Bertz CT molecular complexity index is 883. The minimum absolute atomic E-state index is 0.161. The summed E-state index contributed by atoms with van der Waals surface area (Å²) >= 11 is 21.8. The van der Waals surface area contributed by atoms with E-state index in [0.29, 0.717) is 24.4 Å². The molecular formula is C16H7BrCl2FNOS2. The zero-order valence-electron chi connectivity index (χ0n) is 11.7. The lowest BCUT2D eigenvalue weighted by Gasteiger charge is -2.15. The van der Waals surface area contributed by atoms with Gasteiger partial charge in [-0.3, -0.25) is 9.69 Å². The molecule has 0 aliphatic carbocycles. The van der Waals surface area contributed by atoms with Crippen molar-refractivity contribution in [1.29, 1.82) is 0 Å². The van der Waals surface area contributed by atoms with Crippen LogP contribution in [0.15, 0.2) is 45.8 Å². The van der Waals surface area contributed by atoms with E-state index in [9.17, 15) is 9.18 Å². The first-order chi connectivity index (χ1) is 11.4. The monoisotopic (exact) mass is 461 g/mol. The highest BCUT2D eigenvalue weighted by atomic mass is 79.9. The number of thiocarbonyl (C=S) groups is 1. The Labute approximate surface area is 165 Å². The highest BCUT2D eigenvalue weighted by Gasteiger charge is 2.33. The molecule has 1 amide bonds. The molecule has 0 unspecified atom stereocenters. The maximum Gasteiger partial charge on any atom is 0.270 e. The second-order valence-corrected chi connectivity index (χ2v) is 8.10. The smallest absolute Gasteiger partial charge is 0.268 e. The van der Waals surface area contributed by atoms with Crippen LogP contribution < -0.4 is 4.90 Å². The largest absolute Gasteiger partial charge is 0.270 e. The number of rotatable bonds is 2. The number of carbonyl (C=O) groups is 1. The van der Waals surface area contributed by atoms with Crippen LogP contribution in [-0.4, -0.2) is 10.2 Å². The maximum atomic E-state index is 13.9. The third-order valence-corrected chi connectivity index (χ3v) is 6.09. The molecule has 1 fully saturated rings. The number of amides is 1. The normalized spacial score (nSPS) is 16.3. The lowest BCUT2D eigenvalue weighted by molar-refractivity contribution is -0.113. The lowest BCUT2D eigenvalue weighted by Crippen LogP contribution is -2.27. The minimum Gasteiger partial charge on any atom is -0.268 e. The van der Waals surface area contributed by atoms with Gasteiger partial charge in [0, 0.05) is 10.0 Å². The Hall–Kier alpha value is -0.920. The topological polar surface area (TPSA) is 20.3 Å². The van der Waals surface area contributed by atoms with Crippen molar-refractivity contribution in [3.63, 3.8) is 0 Å². The summed E-state index contributed by atoms with van der Waals surface area (Å²) in [5.74, 6) is -0.845. The summed E-state index contributed by atoms with van der Waals surface area (Å²) in [5.41, 5.74) is 0.710. The summed E-state index contributed by atoms with van der Waals surface area (Å²) in [6.45, 7) is 0. The lowest BCUT2D eigenvalue weighted by atomic mass is 10.2. The fraction of sp³-hybridized carbons (Fsp3) is 0. The van der Waals surface area contributed by atoms with E-state index in [2.05, 4.69) is 15.9 Å². The van der Waals surface area contributed by atoms with Crippen molar-refractivity contribution in [2.75, 3.05) is 4.90 Å². The molecule has 0 aromatic heterocycles. The van der Waals surface area contributed by atoms with Crippen molar-refractivity contribution < 1.29 is 9.18 Å². The molecule has 3 rings (SSSR count). The van der Waals surface area contributed by atoms with Gasteiger partial charge in [-0.25, -0.2) is 4.39 Å². The Morgan fingerprint density at radius 1 is 1.21 bits per heavy atom. The fourth-order valence-corrected chi connectivity index (χ4v) is 4.01. The Balaban J connectivity index is 2.00. The van der Waals surface area contributed by atoms with Crippen LogP contribution in [-0.2, 0) is 4.79 Å². The van der Waals surface area contributed by atoms with E-state index in [4.69, 9.17) is 35.4 Å². The van der Waals surface area contributed by atoms with Crippen molar-refractivity contribution in [3.8, 4) is 0 Å². The van der Waals surface area contributed by atoms with Crippen molar-refractivity contribution in [2.24, 2.45) is 0 Å². The average Bonchev–Trinajstić information content (AvgIpc) is 2.80. The summed E-state index contributed by atoms with van der Waals surface area (Å²) in [6.07, 6.45) is 1.41. The predicted octanol–water partition coefficient (Wildman–Crippen LogP) is 6.30. The van der Waals surface area contributed by atoms with E-state index in [1.807, 2.05) is 0 Å². The molecule has 122 valence electrons. The standard InChI is InChI=1S/C16H7BrCl2FNOS2/c17-10-5-4-8(6-12(10)19)21-15(22)14(24-16(21)23)7-9-11(18)2-1-3-13(9)20/h1-7H/b14-7-. The van der Waals surface area contributed by atoms with E-state index in [1.54, 1.807) is 24.3 Å². The highest BCUT2D eigenvalue weighted by Crippen LogP contribution is 2.38. The van der Waals surface area contributed by atoms with Crippen LogP contribution in [0.4, 0.5) is 10.1 Å². The number of anilines is 1. The van der Waals surface area contributed by atoms with E-state index < -0.39 is 5.82 Å². The average molecular weight is 463 g/mol. The van der Waals surface area contributed by atoms with Crippen LogP contribution in [0.3, 0.4) is 0 Å². The maximum absolute atomic E-state index is 13.9. The van der Waals surface area contributed by atoms with Gasteiger partial charge in [-0.1, -0.05) is 53.2 Å². The third-order valence-electron chi connectivity index (χ3n) is 3.23. The quantitative estimate of drug-likeness (QED) is 0.385. The first kappa shape index (κ1) is 17.9. The Kier molecular flexibility index (Phi) is 5.32. The molecule has 0 saturated carbocycles. The van der Waals surface area contributed by atoms with Crippen LogP contribution in [0.5, 0.6) is 0 Å². The number of carbonyl (C=O) groups excluding carboxylic acids is 1. The van der Waals surface area contributed by atoms with Gasteiger partial charge in [0.15, 0.2) is 4.32 Å². The van der Waals surface area contributed by atoms with Crippen LogP contribution in [0.2, 0.25) is 10.0 Å². The van der Waals surface area contributed by atoms with E-state index in [-0.39, 0.29) is 16.5 Å². The van der Waals surface area contributed by atoms with Gasteiger partial charge in [0.1, 0.15) is 5.82 Å². The summed E-state index contributed by atoms with van der Waals surface area (Å²) < 4.78 is 15.0. The number of hydrogen-bond acceptors (Lipinski definition) is 3. The summed E-state index contributed by atoms with van der Waals surface area (Å²) in [5, 5.41) is 0.689. The number of halogens is 4. The summed E-state index contributed by atoms with van der Waals surface area (Å²) in [4.78, 5) is 14.3. The molecule has 1 heterocycles. The first-order valence-electron chi connectivity index (χ1n) is 6.55. The molecule has 8 heteroatoms. The molecule has 2 aromatic rings. The van der Waals surface area contributed by atoms with Gasteiger partial charge >= 0.3 is 0 Å². The van der Waals surface area contributed by atoms with Crippen LogP contribution in [0.25, 0.3) is 6.08 Å². The third kappa shape index (κ3) is 3.39. The number of nitrogens with zero attached hydrogens (tertiary/aromatic N) is 1.